The van der Waals surface area contributed by atoms with Gasteiger partial charge in [0.15, 0.2) is 0 Å². The first kappa shape index (κ1) is 17.0. The third-order valence-corrected chi connectivity index (χ3v) is 3.78. The van der Waals surface area contributed by atoms with Crippen molar-refractivity contribution >= 4 is 29.2 Å². The van der Waals surface area contributed by atoms with E-state index < -0.39 is 11.4 Å². The van der Waals surface area contributed by atoms with Gasteiger partial charge in [0.25, 0.3) is 0 Å². The maximum atomic E-state index is 12.1. The molecular weight excluding hydrogens is 296 g/mol. The quantitative estimate of drug-likeness (QED) is 0.778. The summed E-state index contributed by atoms with van der Waals surface area (Å²) in [5, 5.41) is 14.5. The van der Waals surface area contributed by atoms with Crippen LogP contribution in [0.5, 0.6) is 0 Å². The number of rotatable bonds is 5. The minimum absolute atomic E-state index is 0.0101. The number of nitrogens with one attached hydrogen (secondary N) is 2. The second kappa shape index (κ2) is 6.81. The van der Waals surface area contributed by atoms with E-state index in [1.54, 1.807) is 26.0 Å². The van der Waals surface area contributed by atoms with Crippen molar-refractivity contribution in [2.75, 3.05) is 10.6 Å². The van der Waals surface area contributed by atoms with E-state index in [9.17, 15) is 14.4 Å². The Labute approximate surface area is 135 Å². The van der Waals surface area contributed by atoms with Gasteiger partial charge in [-0.25, -0.2) is 0 Å². The van der Waals surface area contributed by atoms with Crippen LogP contribution in [0, 0.1) is 5.41 Å². The average Bonchev–Trinajstić information content (AvgIpc) is 2.56. The highest BCUT2D eigenvalue weighted by atomic mass is 16.4. The van der Waals surface area contributed by atoms with Crippen molar-refractivity contribution in [1.82, 2.24) is 0 Å². The number of anilines is 2. The third kappa shape index (κ3) is 5.09. The topological polar surface area (TPSA) is 95.5 Å². The van der Waals surface area contributed by atoms with Crippen molar-refractivity contribution < 1.29 is 19.5 Å². The maximum absolute atomic E-state index is 12.1. The number of carbonyl (C=O) groups excluding carboxylic acids is 2. The van der Waals surface area contributed by atoms with Crippen molar-refractivity contribution in [2.24, 2.45) is 5.41 Å². The van der Waals surface area contributed by atoms with Crippen molar-refractivity contribution in [1.29, 1.82) is 0 Å². The van der Waals surface area contributed by atoms with E-state index in [1.165, 1.54) is 0 Å². The molecule has 3 N–H and O–H groups in total. The highest BCUT2D eigenvalue weighted by Gasteiger charge is 2.25. The number of carbonyl (C=O) groups is 3. The zero-order valence-electron chi connectivity index (χ0n) is 13.4. The molecule has 0 saturated heterocycles. The maximum Gasteiger partial charge on any atom is 0.303 e. The summed E-state index contributed by atoms with van der Waals surface area (Å²) >= 11 is 0. The van der Waals surface area contributed by atoms with Gasteiger partial charge < -0.3 is 15.7 Å². The predicted octanol–water partition coefficient (Wildman–Crippen LogP) is 2.79. The van der Waals surface area contributed by atoms with E-state index in [4.69, 9.17) is 5.11 Å². The fourth-order valence-corrected chi connectivity index (χ4v) is 2.76. The van der Waals surface area contributed by atoms with Gasteiger partial charge in [-0.3, -0.25) is 14.4 Å². The molecule has 6 heteroatoms. The molecule has 0 aliphatic carbocycles. The van der Waals surface area contributed by atoms with Crippen LogP contribution in [0.25, 0.3) is 0 Å². The Balaban J connectivity index is 2.03. The number of hydrogen-bond acceptors (Lipinski definition) is 3. The summed E-state index contributed by atoms with van der Waals surface area (Å²) in [6, 6.07) is 5.39. The molecule has 1 aliphatic heterocycles. The first-order valence-corrected chi connectivity index (χ1v) is 7.70. The molecular formula is C17H22N2O4. The van der Waals surface area contributed by atoms with Crippen molar-refractivity contribution in [3.8, 4) is 0 Å². The molecule has 1 aromatic rings. The second-order valence-electron chi connectivity index (χ2n) is 6.73. The molecule has 0 aromatic heterocycles. The summed E-state index contributed by atoms with van der Waals surface area (Å²) < 4.78 is 0. The molecule has 2 rings (SSSR count). The number of carboxylic acids is 1. The van der Waals surface area contributed by atoms with E-state index in [0.29, 0.717) is 12.1 Å². The van der Waals surface area contributed by atoms with Gasteiger partial charge in [0.1, 0.15) is 0 Å². The molecule has 0 atom stereocenters. The minimum Gasteiger partial charge on any atom is -0.481 e. The van der Waals surface area contributed by atoms with Crippen LogP contribution in [0.4, 0.5) is 11.4 Å². The van der Waals surface area contributed by atoms with Crippen molar-refractivity contribution in [3.63, 3.8) is 0 Å². The standard InChI is InChI=1S/C17H22N2O4/c1-17(2,10-16(22)23)9-15(21)18-12-6-7-13-11(8-12)4-3-5-14(20)19-13/h6-8H,3-5,9-10H2,1-2H3,(H,18,21)(H,19,20)(H,22,23). The second-order valence-corrected chi connectivity index (χ2v) is 6.73. The Hall–Kier alpha value is -2.37. The lowest BCUT2D eigenvalue weighted by Gasteiger charge is -2.21. The molecule has 1 heterocycles. The van der Waals surface area contributed by atoms with Gasteiger partial charge in [-0.15, -0.1) is 0 Å². The molecule has 1 aliphatic rings. The van der Waals surface area contributed by atoms with Crippen LogP contribution in [-0.2, 0) is 20.8 Å². The molecule has 1 aromatic carbocycles. The Morgan fingerprint density at radius 3 is 2.70 bits per heavy atom. The number of carboxylic acid groups (broad SMARTS) is 1. The van der Waals surface area contributed by atoms with E-state index in [-0.39, 0.29) is 24.7 Å². The largest absolute Gasteiger partial charge is 0.481 e. The number of hydrogen-bond donors (Lipinski definition) is 3. The first-order valence-electron chi connectivity index (χ1n) is 7.70. The minimum atomic E-state index is -0.913. The molecule has 2 amide bonds. The molecule has 6 nitrogen and oxygen atoms in total. The highest BCUT2D eigenvalue weighted by molar-refractivity contribution is 5.94. The van der Waals surface area contributed by atoms with Gasteiger partial charge in [-0.2, -0.15) is 0 Å². The number of amides is 2. The summed E-state index contributed by atoms with van der Waals surface area (Å²) in [7, 11) is 0. The van der Waals surface area contributed by atoms with E-state index in [1.807, 2.05) is 6.07 Å². The van der Waals surface area contributed by atoms with E-state index in [0.717, 1.165) is 24.1 Å². The summed E-state index contributed by atoms with van der Waals surface area (Å²) in [5.41, 5.74) is 1.85. The molecule has 0 spiro atoms. The Morgan fingerprint density at radius 1 is 1.26 bits per heavy atom. The Morgan fingerprint density at radius 2 is 2.00 bits per heavy atom. The zero-order valence-corrected chi connectivity index (χ0v) is 13.4. The Kier molecular flexibility index (Phi) is 5.03. The number of benzene rings is 1. The number of aliphatic carboxylic acids is 1. The summed E-state index contributed by atoms with van der Waals surface area (Å²) in [5.74, 6) is -1.12. The number of aryl methyl sites for hydroxylation is 1. The van der Waals surface area contributed by atoms with Crippen LogP contribution >= 0.6 is 0 Å². The fourth-order valence-electron chi connectivity index (χ4n) is 2.76. The normalized spacial score (nSPS) is 14.4. The summed E-state index contributed by atoms with van der Waals surface area (Å²) in [4.78, 5) is 34.5. The van der Waals surface area contributed by atoms with Gasteiger partial charge in [0.05, 0.1) is 6.42 Å². The molecule has 23 heavy (non-hydrogen) atoms. The molecule has 124 valence electrons. The Bertz CT molecular complexity index is 637. The van der Waals surface area contributed by atoms with Gasteiger partial charge in [-0.1, -0.05) is 13.8 Å². The van der Waals surface area contributed by atoms with E-state index >= 15 is 0 Å². The van der Waals surface area contributed by atoms with Crippen LogP contribution in [-0.4, -0.2) is 22.9 Å². The zero-order chi connectivity index (χ0) is 17.0. The van der Waals surface area contributed by atoms with Crippen LogP contribution in [0.3, 0.4) is 0 Å². The first-order chi connectivity index (χ1) is 10.7. The predicted molar refractivity (Wildman–Crippen MR) is 87.3 cm³/mol. The van der Waals surface area contributed by atoms with Gasteiger partial charge in [0, 0.05) is 24.2 Å². The lowest BCUT2D eigenvalue weighted by Crippen LogP contribution is -2.24. The van der Waals surface area contributed by atoms with Crippen molar-refractivity contribution in [3.05, 3.63) is 23.8 Å². The lowest BCUT2D eigenvalue weighted by molar-refractivity contribution is -0.139. The van der Waals surface area contributed by atoms with Crippen LogP contribution < -0.4 is 10.6 Å². The van der Waals surface area contributed by atoms with Gasteiger partial charge in [0.2, 0.25) is 11.8 Å². The van der Waals surface area contributed by atoms with Crippen molar-refractivity contribution in [2.45, 2.75) is 46.0 Å². The fraction of sp³-hybridized carbons (Fsp3) is 0.471. The summed E-state index contributed by atoms with van der Waals surface area (Å²) in [6.45, 7) is 3.51. The van der Waals surface area contributed by atoms with E-state index in [2.05, 4.69) is 10.6 Å². The SMILES string of the molecule is CC(C)(CC(=O)O)CC(=O)Nc1ccc2c(c1)CCCC(=O)N2. The third-order valence-electron chi connectivity index (χ3n) is 3.78. The average molecular weight is 318 g/mol. The smallest absolute Gasteiger partial charge is 0.303 e. The molecule has 0 radical (unpaired) electrons. The molecule has 0 unspecified atom stereocenters. The van der Waals surface area contributed by atoms with Gasteiger partial charge >= 0.3 is 5.97 Å². The summed E-state index contributed by atoms with van der Waals surface area (Å²) in [6.07, 6.45) is 2.13. The van der Waals surface area contributed by atoms with Crippen LogP contribution in [0.1, 0.15) is 45.1 Å². The number of fused-ring (bicyclic) bond motifs is 1. The molecule has 0 saturated carbocycles. The van der Waals surface area contributed by atoms with Crippen LogP contribution in [0.15, 0.2) is 18.2 Å². The lowest BCUT2D eigenvalue weighted by atomic mass is 9.85. The molecule has 0 bridgehead atoms. The molecule has 0 fully saturated rings. The van der Waals surface area contributed by atoms with Crippen LogP contribution in [0.2, 0.25) is 0 Å². The monoisotopic (exact) mass is 318 g/mol. The highest BCUT2D eigenvalue weighted by Crippen LogP contribution is 2.28. The van der Waals surface area contributed by atoms with Gasteiger partial charge in [-0.05, 0) is 42.0 Å².